The van der Waals surface area contributed by atoms with Crippen molar-refractivity contribution in [3.63, 3.8) is 0 Å². The maximum atomic E-state index is 12.3. The SMILES string of the molecule is Cn1cc(Nc2nccc(NC3(C)CCN(C(=O)OC(C)(C)C)C3)n2)cn1. The van der Waals surface area contributed by atoms with Gasteiger partial charge in [0.1, 0.15) is 11.4 Å². The summed E-state index contributed by atoms with van der Waals surface area (Å²) in [6, 6.07) is 1.82. The number of hydrogen-bond acceptors (Lipinski definition) is 7. The molecule has 27 heavy (non-hydrogen) atoms. The first-order chi connectivity index (χ1) is 12.6. The normalized spacial score (nSPS) is 19.8. The molecule has 1 fully saturated rings. The molecule has 1 unspecified atom stereocenters. The van der Waals surface area contributed by atoms with E-state index in [1.807, 2.05) is 40.1 Å². The van der Waals surface area contributed by atoms with E-state index < -0.39 is 5.60 Å². The van der Waals surface area contributed by atoms with Gasteiger partial charge < -0.3 is 20.3 Å². The Morgan fingerprint density at radius 2 is 2.15 bits per heavy atom. The number of ether oxygens (including phenoxy) is 1. The molecular formula is C18H27N7O2. The molecule has 1 amide bonds. The molecule has 1 atom stereocenters. The number of hydrogen-bond donors (Lipinski definition) is 2. The Balaban J connectivity index is 1.63. The summed E-state index contributed by atoms with van der Waals surface area (Å²) < 4.78 is 7.17. The van der Waals surface area contributed by atoms with Gasteiger partial charge in [-0.2, -0.15) is 10.1 Å². The number of aromatic nitrogens is 4. The zero-order valence-corrected chi connectivity index (χ0v) is 16.5. The first-order valence-corrected chi connectivity index (χ1v) is 8.97. The van der Waals surface area contributed by atoms with Gasteiger partial charge in [-0.25, -0.2) is 9.78 Å². The monoisotopic (exact) mass is 373 g/mol. The Morgan fingerprint density at radius 1 is 1.37 bits per heavy atom. The molecule has 0 aromatic carbocycles. The lowest BCUT2D eigenvalue weighted by molar-refractivity contribution is 0.0287. The number of likely N-dealkylation sites (tertiary alicyclic amines) is 1. The van der Waals surface area contributed by atoms with Crippen LogP contribution in [-0.4, -0.2) is 55.0 Å². The predicted octanol–water partition coefficient (Wildman–Crippen LogP) is 2.77. The highest BCUT2D eigenvalue weighted by Crippen LogP contribution is 2.27. The second kappa shape index (κ2) is 7.05. The topological polar surface area (TPSA) is 97.2 Å². The fourth-order valence-corrected chi connectivity index (χ4v) is 2.96. The molecule has 0 bridgehead atoms. The number of rotatable bonds is 4. The molecule has 0 spiro atoms. The Hall–Kier alpha value is -2.84. The minimum Gasteiger partial charge on any atom is -0.444 e. The van der Waals surface area contributed by atoms with Gasteiger partial charge in [-0.05, 0) is 40.2 Å². The van der Waals surface area contributed by atoms with E-state index in [1.165, 1.54) is 0 Å². The fourth-order valence-electron chi connectivity index (χ4n) is 2.96. The van der Waals surface area contributed by atoms with Crippen LogP contribution in [0.3, 0.4) is 0 Å². The molecular weight excluding hydrogens is 346 g/mol. The molecule has 3 heterocycles. The number of carbonyl (C=O) groups is 1. The quantitative estimate of drug-likeness (QED) is 0.850. The van der Waals surface area contributed by atoms with Crippen molar-refractivity contribution in [2.24, 2.45) is 7.05 Å². The van der Waals surface area contributed by atoms with Crippen LogP contribution in [0, 0.1) is 0 Å². The standard InChI is InChI=1S/C18H27N7O2/c1-17(2,3)27-16(26)25-9-7-18(4,12-25)23-14-6-8-19-15(22-14)21-13-10-20-24(5)11-13/h6,8,10-11H,7,9,12H2,1-5H3,(H2,19,21,22,23). The minimum atomic E-state index is -0.497. The number of aryl methyl sites for hydroxylation is 1. The van der Waals surface area contributed by atoms with Gasteiger partial charge in [-0.15, -0.1) is 0 Å². The third-order valence-corrected chi connectivity index (χ3v) is 4.17. The van der Waals surface area contributed by atoms with Crippen molar-refractivity contribution in [3.8, 4) is 0 Å². The first-order valence-electron chi connectivity index (χ1n) is 8.97. The molecule has 1 saturated heterocycles. The van der Waals surface area contributed by atoms with E-state index in [0.717, 1.165) is 12.1 Å². The van der Waals surface area contributed by atoms with Gasteiger partial charge in [-0.3, -0.25) is 4.68 Å². The van der Waals surface area contributed by atoms with Gasteiger partial charge in [0.25, 0.3) is 0 Å². The number of nitrogens with one attached hydrogen (secondary N) is 2. The summed E-state index contributed by atoms with van der Waals surface area (Å²) in [7, 11) is 1.85. The summed E-state index contributed by atoms with van der Waals surface area (Å²) in [5, 5.41) is 10.7. The molecule has 146 valence electrons. The summed E-state index contributed by atoms with van der Waals surface area (Å²) >= 11 is 0. The maximum Gasteiger partial charge on any atom is 0.410 e. The van der Waals surface area contributed by atoms with E-state index >= 15 is 0 Å². The van der Waals surface area contributed by atoms with E-state index in [9.17, 15) is 4.79 Å². The highest BCUT2D eigenvalue weighted by Gasteiger charge is 2.38. The van der Waals surface area contributed by atoms with Crippen LogP contribution >= 0.6 is 0 Å². The summed E-state index contributed by atoms with van der Waals surface area (Å²) in [5.74, 6) is 1.18. The first kappa shape index (κ1) is 18.9. The van der Waals surface area contributed by atoms with Crippen molar-refractivity contribution in [2.45, 2.75) is 45.3 Å². The average molecular weight is 373 g/mol. The molecule has 2 aromatic heterocycles. The average Bonchev–Trinajstić information content (AvgIpc) is 3.12. The molecule has 2 N–H and O–H groups in total. The van der Waals surface area contributed by atoms with Gasteiger partial charge in [0.2, 0.25) is 5.95 Å². The molecule has 0 radical (unpaired) electrons. The maximum absolute atomic E-state index is 12.3. The fraction of sp³-hybridized carbons (Fsp3) is 0.556. The van der Waals surface area contributed by atoms with Gasteiger partial charge >= 0.3 is 6.09 Å². The van der Waals surface area contributed by atoms with Crippen LogP contribution in [-0.2, 0) is 11.8 Å². The molecule has 1 aliphatic heterocycles. The molecule has 0 saturated carbocycles. The van der Waals surface area contributed by atoms with E-state index in [1.54, 1.807) is 22.0 Å². The number of anilines is 3. The lowest BCUT2D eigenvalue weighted by atomic mass is 10.0. The summed E-state index contributed by atoms with van der Waals surface area (Å²) in [6.07, 6.45) is 5.77. The minimum absolute atomic E-state index is 0.281. The van der Waals surface area contributed by atoms with Gasteiger partial charge in [0, 0.05) is 32.5 Å². The third kappa shape index (κ3) is 5.08. The van der Waals surface area contributed by atoms with Crippen LogP contribution in [0.15, 0.2) is 24.7 Å². The van der Waals surface area contributed by atoms with Crippen molar-refractivity contribution < 1.29 is 9.53 Å². The number of amides is 1. The second-order valence-electron chi connectivity index (χ2n) is 8.13. The van der Waals surface area contributed by atoms with Crippen LogP contribution in [0.2, 0.25) is 0 Å². The Labute approximate surface area is 159 Å². The van der Waals surface area contributed by atoms with E-state index in [-0.39, 0.29) is 11.6 Å². The third-order valence-electron chi connectivity index (χ3n) is 4.17. The molecule has 1 aliphatic rings. The van der Waals surface area contributed by atoms with Crippen LogP contribution in [0.1, 0.15) is 34.1 Å². The second-order valence-corrected chi connectivity index (χ2v) is 8.13. The van der Waals surface area contributed by atoms with Crippen LogP contribution in [0.5, 0.6) is 0 Å². The van der Waals surface area contributed by atoms with E-state index in [4.69, 9.17) is 4.74 Å². The zero-order valence-electron chi connectivity index (χ0n) is 16.5. The smallest absolute Gasteiger partial charge is 0.410 e. The number of carbonyl (C=O) groups excluding carboxylic acids is 1. The van der Waals surface area contributed by atoms with E-state index in [2.05, 4.69) is 32.6 Å². The summed E-state index contributed by atoms with van der Waals surface area (Å²) in [5.41, 5.74) is 0.0395. The molecule has 2 aromatic rings. The largest absolute Gasteiger partial charge is 0.444 e. The lowest BCUT2D eigenvalue weighted by Gasteiger charge is -2.28. The summed E-state index contributed by atoms with van der Waals surface area (Å²) in [4.78, 5) is 22.8. The molecule has 9 nitrogen and oxygen atoms in total. The van der Waals surface area contributed by atoms with Crippen molar-refractivity contribution in [1.29, 1.82) is 0 Å². The van der Waals surface area contributed by atoms with Gasteiger partial charge in [0.05, 0.1) is 17.4 Å². The highest BCUT2D eigenvalue weighted by molar-refractivity contribution is 5.69. The van der Waals surface area contributed by atoms with Crippen LogP contribution in [0.4, 0.5) is 22.2 Å². The van der Waals surface area contributed by atoms with Crippen LogP contribution < -0.4 is 10.6 Å². The lowest BCUT2D eigenvalue weighted by Crippen LogP contribution is -2.41. The highest BCUT2D eigenvalue weighted by atomic mass is 16.6. The van der Waals surface area contributed by atoms with Crippen molar-refractivity contribution in [1.82, 2.24) is 24.6 Å². The van der Waals surface area contributed by atoms with E-state index in [0.29, 0.717) is 24.9 Å². The van der Waals surface area contributed by atoms with Gasteiger partial charge in [0.15, 0.2) is 0 Å². The summed E-state index contributed by atoms with van der Waals surface area (Å²) in [6.45, 7) is 8.89. The van der Waals surface area contributed by atoms with Crippen molar-refractivity contribution >= 4 is 23.5 Å². The Kier molecular flexibility index (Phi) is 4.95. The molecule has 0 aliphatic carbocycles. The molecule has 9 heteroatoms. The zero-order chi connectivity index (χ0) is 19.7. The van der Waals surface area contributed by atoms with Crippen molar-refractivity contribution in [2.75, 3.05) is 23.7 Å². The van der Waals surface area contributed by atoms with Crippen molar-refractivity contribution in [3.05, 3.63) is 24.7 Å². The predicted molar refractivity (Wildman–Crippen MR) is 103 cm³/mol. The Morgan fingerprint density at radius 3 is 2.81 bits per heavy atom. The van der Waals surface area contributed by atoms with Gasteiger partial charge in [-0.1, -0.05) is 0 Å². The molecule has 3 rings (SSSR count). The number of nitrogens with zero attached hydrogens (tertiary/aromatic N) is 5. The Bertz CT molecular complexity index is 814. The van der Waals surface area contributed by atoms with Crippen LogP contribution in [0.25, 0.3) is 0 Å².